The highest BCUT2D eigenvalue weighted by Gasteiger charge is 2.26. The molecule has 0 aliphatic heterocycles. The van der Waals surface area contributed by atoms with Gasteiger partial charge in [0.15, 0.2) is 5.82 Å². The van der Waals surface area contributed by atoms with Crippen LogP contribution in [0.2, 0.25) is 10.0 Å². The number of unbranched alkanes of at least 4 members (excludes halogenated alkanes) is 1. The molecular weight excluding hydrogens is 395 g/mol. The van der Waals surface area contributed by atoms with Crippen LogP contribution in [0.15, 0.2) is 36.5 Å². The summed E-state index contributed by atoms with van der Waals surface area (Å²) < 4.78 is 0. The van der Waals surface area contributed by atoms with E-state index in [-0.39, 0.29) is 0 Å². The molecule has 0 bridgehead atoms. The van der Waals surface area contributed by atoms with Crippen molar-refractivity contribution in [1.82, 2.24) is 20.2 Å². The first kappa shape index (κ1) is 19.0. The summed E-state index contributed by atoms with van der Waals surface area (Å²) in [7, 11) is 0. The van der Waals surface area contributed by atoms with Crippen LogP contribution in [-0.4, -0.2) is 33.3 Å². The van der Waals surface area contributed by atoms with Gasteiger partial charge in [-0.05, 0) is 49.9 Å². The lowest BCUT2D eigenvalue weighted by Gasteiger charge is -2.11. The van der Waals surface area contributed by atoms with Crippen LogP contribution >= 0.6 is 23.2 Å². The zero-order valence-electron chi connectivity index (χ0n) is 15.4. The van der Waals surface area contributed by atoms with E-state index >= 15 is 0 Å². The van der Waals surface area contributed by atoms with Crippen LogP contribution in [0.25, 0.3) is 11.4 Å². The van der Waals surface area contributed by atoms with E-state index in [0.717, 1.165) is 48.8 Å². The van der Waals surface area contributed by atoms with Crippen molar-refractivity contribution in [2.24, 2.45) is 0 Å². The molecule has 0 amide bonds. The van der Waals surface area contributed by atoms with Gasteiger partial charge in [-0.2, -0.15) is 5.10 Å². The van der Waals surface area contributed by atoms with E-state index in [9.17, 15) is 0 Å². The monoisotopic (exact) mass is 416 g/mol. The molecule has 6 nitrogen and oxygen atoms in total. The van der Waals surface area contributed by atoms with Crippen molar-refractivity contribution in [3.05, 3.63) is 52.3 Å². The van der Waals surface area contributed by atoms with Crippen molar-refractivity contribution in [3.8, 4) is 11.4 Å². The third kappa shape index (κ3) is 4.94. The molecule has 2 aromatic heterocycles. The van der Waals surface area contributed by atoms with Crippen LogP contribution < -0.4 is 10.6 Å². The summed E-state index contributed by atoms with van der Waals surface area (Å²) in [6, 6.07) is 9.40. The Morgan fingerprint density at radius 3 is 2.54 bits per heavy atom. The fourth-order valence-corrected chi connectivity index (χ4v) is 3.47. The van der Waals surface area contributed by atoms with Gasteiger partial charge >= 0.3 is 0 Å². The van der Waals surface area contributed by atoms with E-state index in [4.69, 9.17) is 28.2 Å². The third-order valence-electron chi connectivity index (χ3n) is 4.64. The molecule has 0 saturated heterocycles. The maximum absolute atomic E-state index is 6.37. The first-order valence-corrected chi connectivity index (χ1v) is 10.3. The zero-order chi connectivity index (χ0) is 19.3. The second kappa shape index (κ2) is 8.80. The van der Waals surface area contributed by atoms with Gasteiger partial charge in [-0.15, -0.1) is 0 Å². The molecule has 1 fully saturated rings. The lowest BCUT2D eigenvalue weighted by atomic mass is 10.2. The summed E-state index contributed by atoms with van der Waals surface area (Å²) >= 11 is 12.4. The topological polar surface area (TPSA) is 78.5 Å². The average Bonchev–Trinajstić information content (AvgIpc) is 3.41. The van der Waals surface area contributed by atoms with Crippen LogP contribution in [0.4, 0.5) is 11.6 Å². The molecule has 8 heteroatoms. The van der Waals surface area contributed by atoms with Gasteiger partial charge in [0.1, 0.15) is 11.6 Å². The van der Waals surface area contributed by atoms with Crippen molar-refractivity contribution < 1.29 is 0 Å². The molecule has 0 atom stereocenters. The molecule has 3 aromatic rings. The van der Waals surface area contributed by atoms with E-state index < -0.39 is 0 Å². The first-order chi connectivity index (χ1) is 13.7. The minimum atomic E-state index is 0.534. The van der Waals surface area contributed by atoms with Crippen molar-refractivity contribution in [2.75, 3.05) is 23.7 Å². The van der Waals surface area contributed by atoms with Crippen molar-refractivity contribution in [2.45, 2.75) is 31.6 Å². The van der Waals surface area contributed by atoms with Gasteiger partial charge in [0.2, 0.25) is 0 Å². The number of aromatic nitrogens is 4. The van der Waals surface area contributed by atoms with E-state index in [0.29, 0.717) is 21.8 Å². The predicted octanol–water partition coefficient (Wildman–Crippen LogP) is 5.36. The molecule has 4 rings (SSSR count). The summed E-state index contributed by atoms with van der Waals surface area (Å²) in [6.07, 6.45) is 6.18. The van der Waals surface area contributed by atoms with Gasteiger partial charge in [-0.3, -0.25) is 5.10 Å². The van der Waals surface area contributed by atoms with E-state index in [1.807, 2.05) is 18.2 Å². The Morgan fingerprint density at radius 2 is 1.82 bits per heavy atom. The third-order valence-corrected chi connectivity index (χ3v) is 5.19. The number of hydrogen-bond donors (Lipinski definition) is 3. The number of aromatic amines is 1. The molecule has 0 radical (unpaired) electrons. The van der Waals surface area contributed by atoms with Gasteiger partial charge in [0, 0.05) is 41.4 Å². The number of nitrogens with one attached hydrogen (secondary N) is 3. The fraction of sp³-hybridized carbons (Fsp3) is 0.350. The SMILES string of the molecule is Clc1ccc(-c2nc(NCCCCNc3ccn[nH]3)cc(C3CC3)n2)c(Cl)c1. The second-order valence-electron chi connectivity index (χ2n) is 6.93. The molecule has 1 aliphatic rings. The second-order valence-corrected chi connectivity index (χ2v) is 7.77. The van der Waals surface area contributed by atoms with Gasteiger partial charge < -0.3 is 10.6 Å². The fourth-order valence-electron chi connectivity index (χ4n) is 2.98. The Morgan fingerprint density at radius 1 is 1.00 bits per heavy atom. The highest BCUT2D eigenvalue weighted by Crippen LogP contribution is 2.40. The molecule has 0 unspecified atom stereocenters. The lowest BCUT2D eigenvalue weighted by Crippen LogP contribution is -2.09. The molecule has 28 heavy (non-hydrogen) atoms. The minimum Gasteiger partial charge on any atom is -0.370 e. The van der Waals surface area contributed by atoms with E-state index in [1.165, 1.54) is 12.8 Å². The van der Waals surface area contributed by atoms with Crippen molar-refractivity contribution >= 4 is 34.8 Å². The molecule has 0 spiro atoms. The largest absolute Gasteiger partial charge is 0.370 e. The molecule has 1 aromatic carbocycles. The van der Waals surface area contributed by atoms with Crippen LogP contribution in [0, 0.1) is 0 Å². The first-order valence-electron chi connectivity index (χ1n) is 9.50. The number of hydrogen-bond acceptors (Lipinski definition) is 5. The van der Waals surface area contributed by atoms with Crippen molar-refractivity contribution in [1.29, 1.82) is 0 Å². The van der Waals surface area contributed by atoms with Crippen LogP contribution in [0.1, 0.15) is 37.3 Å². The normalized spacial score (nSPS) is 13.5. The summed E-state index contributed by atoms with van der Waals surface area (Å²) in [5.41, 5.74) is 1.89. The van der Waals surface area contributed by atoms with Gasteiger partial charge in [-0.1, -0.05) is 23.2 Å². The standard InChI is InChI=1S/C20H22Cl2N6/c21-14-5-6-15(16(22)11-14)20-26-17(13-3-4-13)12-19(27-20)24-9-2-1-8-23-18-7-10-25-28-18/h5-7,10-13H,1-4,8-9H2,(H2,23,25,28)(H,24,26,27). The molecule has 2 heterocycles. The number of benzene rings is 1. The van der Waals surface area contributed by atoms with Crippen LogP contribution in [0.3, 0.4) is 0 Å². The Bertz CT molecular complexity index is 924. The maximum atomic E-state index is 6.37. The van der Waals surface area contributed by atoms with Crippen LogP contribution in [0.5, 0.6) is 0 Å². The zero-order valence-corrected chi connectivity index (χ0v) is 16.9. The van der Waals surface area contributed by atoms with Gasteiger partial charge in [0.25, 0.3) is 0 Å². The Balaban J connectivity index is 1.38. The van der Waals surface area contributed by atoms with Gasteiger partial charge in [0.05, 0.1) is 11.2 Å². The van der Waals surface area contributed by atoms with Gasteiger partial charge in [-0.25, -0.2) is 9.97 Å². The highest BCUT2D eigenvalue weighted by atomic mass is 35.5. The molecule has 146 valence electrons. The number of H-pyrrole nitrogens is 1. The molecule has 1 saturated carbocycles. The Labute approximate surface area is 174 Å². The summed E-state index contributed by atoms with van der Waals surface area (Å²) in [6.45, 7) is 1.74. The average molecular weight is 417 g/mol. The summed E-state index contributed by atoms with van der Waals surface area (Å²) in [5.74, 6) is 2.98. The Kier molecular flexibility index (Phi) is 5.98. The summed E-state index contributed by atoms with van der Waals surface area (Å²) in [5, 5.41) is 14.7. The smallest absolute Gasteiger partial charge is 0.163 e. The van der Waals surface area contributed by atoms with E-state index in [1.54, 1.807) is 12.3 Å². The Hall–Kier alpha value is -2.31. The molecule has 3 N–H and O–H groups in total. The lowest BCUT2D eigenvalue weighted by molar-refractivity contribution is 0.790. The number of rotatable bonds is 9. The molecular formula is C20H22Cl2N6. The maximum Gasteiger partial charge on any atom is 0.163 e. The number of anilines is 2. The highest BCUT2D eigenvalue weighted by molar-refractivity contribution is 6.36. The quantitative estimate of drug-likeness (QED) is 0.409. The predicted molar refractivity (Wildman–Crippen MR) is 114 cm³/mol. The number of nitrogens with zero attached hydrogens (tertiary/aromatic N) is 3. The number of halogens is 2. The minimum absolute atomic E-state index is 0.534. The van der Waals surface area contributed by atoms with E-state index in [2.05, 4.69) is 31.9 Å². The van der Waals surface area contributed by atoms with Crippen LogP contribution in [-0.2, 0) is 0 Å². The summed E-state index contributed by atoms with van der Waals surface area (Å²) in [4.78, 5) is 9.43. The van der Waals surface area contributed by atoms with Crippen molar-refractivity contribution in [3.63, 3.8) is 0 Å². The molecule has 1 aliphatic carbocycles.